The summed E-state index contributed by atoms with van der Waals surface area (Å²) < 4.78 is 5.42. The number of piperidine rings is 1. The summed E-state index contributed by atoms with van der Waals surface area (Å²) in [4.78, 5) is 47.6. The van der Waals surface area contributed by atoms with E-state index in [1.807, 2.05) is 11.8 Å². The number of aromatic nitrogens is 1. The molecule has 8 nitrogen and oxygen atoms in total. The molecule has 3 amide bonds. The second-order valence-electron chi connectivity index (χ2n) is 8.79. The normalized spacial score (nSPS) is 18.6. The van der Waals surface area contributed by atoms with E-state index >= 15 is 0 Å². The van der Waals surface area contributed by atoms with Crippen LogP contribution in [0.3, 0.4) is 0 Å². The maximum Gasteiger partial charge on any atom is 0.410 e. The SMILES string of the molecule is CCN(C(=O)C1CC(=O)N(C2CCN(C(=O)OCc3cc(Cl)cc(Cl)c3)CC2)C1)c1ccncc1. The molecule has 35 heavy (non-hydrogen) atoms. The van der Waals surface area contributed by atoms with Gasteiger partial charge in [-0.25, -0.2) is 4.79 Å². The smallest absolute Gasteiger partial charge is 0.410 e. The molecule has 2 aliphatic heterocycles. The van der Waals surface area contributed by atoms with Gasteiger partial charge in [0.25, 0.3) is 0 Å². The summed E-state index contributed by atoms with van der Waals surface area (Å²) in [5.74, 6) is -0.423. The lowest BCUT2D eigenvalue weighted by Gasteiger charge is -2.36. The molecule has 186 valence electrons. The minimum Gasteiger partial charge on any atom is -0.445 e. The van der Waals surface area contributed by atoms with Crippen LogP contribution < -0.4 is 4.90 Å². The number of carbonyl (C=O) groups excluding carboxylic acids is 3. The molecule has 1 aromatic heterocycles. The summed E-state index contributed by atoms with van der Waals surface area (Å²) in [6.07, 6.45) is 4.40. The molecule has 3 heterocycles. The molecular weight excluding hydrogens is 491 g/mol. The Kier molecular flexibility index (Phi) is 8.13. The van der Waals surface area contributed by atoms with Gasteiger partial charge in [0.05, 0.1) is 5.92 Å². The summed E-state index contributed by atoms with van der Waals surface area (Å²) in [6, 6.07) is 8.63. The van der Waals surface area contributed by atoms with Crippen LogP contribution in [0.25, 0.3) is 0 Å². The standard InChI is InChI=1S/C25H28Cl2N4O4/c1-2-30(21-3-7-28-8-4-21)24(33)18-13-23(32)31(15-18)22-5-9-29(10-6-22)25(34)35-16-17-11-19(26)14-20(27)12-17/h3-4,7-8,11-12,14,18,22H,2,5-6,9-10,13,15-16H2,1H3. The number of amides is 3. The average Bonchev–Trinajstić information content (AvgIpc) is 3.24. The lowest BCUT2D eigenvalue weighted by molar-refractivity contribution is -0.130. The zero-order valence-corrected chi connectivity index (χ0v) is 21.0. The highest BCUT2D eigenvalue weighted by molar-refractivity contribution is 6.34. The predicted molar refractivity (Wildman–Crippen MR) is 133 cm³/mol. The number of nitrogens with zero attached hydrogens (tertiary/aromatic N) is 4. The Morgan fingerprint density at radius 3 is 2.40 bits per heavy atom. The molecule has 1 aromatic carbocycles. The van der Waals surface area contributed by atoms with Crippen molar-refractivity contribution in [2.24, 2.45) is 5.92 Å². The van der Waals surface area contributed by atoms with E-state index in [0.717, 1.165) is 11.3 Å². The molecule has 1 unspecified atom stereocenters. The molecule has 10 heteroatoms. The van der Waals surface area contributed by atoms with Crippen LogP contribution in [-0.4, -0.2) is 64.9 Å². The third-order valence-corrected chi connectivity index (χ3v) is 6.95. The molecule has 2 aromatic rings. The highest BCUT2D eigenvalue weighted by Gasteiger charge is 2.40. The molecule has 0 aliphatic carbocycles. The van der Waals surface area contributed by atoms with Crippen LogP contribution in [0.5, 0.6) is 0 Å². The number of carbonyl (C=O) groups is 3. The van der Waals surface area contributed by atoms with Gasteiger partial charge in [-0.2, -0.15) is 0 Å². The number of benzene rings is 1. The number of hydrogen-bond acceptors (Lipinski definition) is 5. The van der Waals surface area contributed by atoms with E-state index in [2.05, 4.69) is 4.98 Å². The quantitative estimate of drug-likeness (QED) is 0.566. The molecule has 2 saturated heterocycles. The van der Waals surface area contributed by atoms with Crippen molar-refractivity contribution in [2.45, 2.75) is 38.8 Å². The van der Waals surface area contributed by atoms with Crippen LogP contribution in [0.2, 0.25) is 10.0 Å². The molecule has 2 fully saturated rings. The summed E-state index contributed by atoms with van der Waals surface area (Å²) >= 11 is 12.0. The summed E-state index contributed by atoms with van der Waals surface area (Å²) in [5.41, 5.74) is 1.50. The maximum atomic E-state index is 13.2. The van der Waals surface area contributed by atoms with Gasteiger partial charge in [-0.05, 0) is 55.7 Å². The fourth-order valence-corrected chi connectivity index (χ4v) is 5.32. The summed E-state index contributed by atoms with van der Waals surface area (Å²) in [7, 11) is 0. The number of anilines is 1. The maximum absolute atomic E-state index is 13.2. The number of likely N-dealkylation sites (tertiary alicyclic amines) is 2. The Balaban J connectivity index is 1.28. The topological polar surface area (TPSA) is 83.1 Å². The monoisotopic (exact) mass is 518 g/mol. The van der Waals surface area contributed by atoms with Gasteiger partial charge in [0.1, 0.15) is 6.61 Å². The number of halogens is 2. The van der Waals surface area contributed by atoms with Gasteiger partial charge in [-0.3, -0.25) is 14.6 Å². The third kappa shape index (κ3) is 6.05. The van der Waals surface area contributed by atoms with E-state index in [-0.39, 0.29) is 36.8 Å². The van der Waals surface area contributed by atoms with Crippen LogP contribution >= 0.6 is 23.2 Å². The molecule has 1 atom stereocenters. The molecule has 2 aliphatic rings. The van der Waals surface area contributed by atoms with E-state index in [4.69, 9.17) is 27.9 Å². The van der Waals surface area contributed by atoms with Crippen LogP contribution in [-0.2, 0) is 20.9 Å². The van der Waals surface area contributed by atoms with Crippen molar-refractivity contribution in [2.75, 3.05) is 31.1 Å². The van der Waals surface area contributed by atoms with Crippen molar-refractivity contribution >= 4 is 46.8 Å². The average molecular weight is 519 g/mol. The minimum atomic E-state index is -0.406. The Bertz CT molecular complexity index is 1060. The minimum absolute atomic E-state index is 0.00649. The molecule has 0 bridgehead atoms. The zero-order valence-electron chi connectivity index (χ0n) is 19.5. The van der Waals surface area contributed by atoms with Gasteiger partial charge in [0.2, 0.25) is 11.8 Å². The van der Waals surface area contributed by atoms with Gasteiger partial charge in [0, 0.05) is 66.8 Å². The Hall–Kier alpha value is -2.84. The Morgan fingerprint density at radius 1 is 1.11 bits per heavy atom. The Labute approximate surface area is 214 Å². The Morgan fingerprint density at radius 2 is 1.77 bits per heavy atom. The van der Waals surface area contributed by atoms with Crippen molar-refractivity contribution in [1.29, 1.82) is 0 Å². The summed E-state index contributed by atoms with van der Waals surface area (Å²) in [6.45, 7) is 3.90. The number of ether oxygens (including phenoxy) is 1. The van der Waals surface area contributed by atoms with E-state index in [1.54, 1.807) is 52.5 Å². The highest BCUT2D eigenvalue weighted by Crippen LogP contribution is 2.28. The molecule has 0 saturated carbocycles. The lowest BCUT2D eigenvalue weighted by Crippen LogP contribution is -2.47. The van der Waals surface area contributed by atoms with Crippen LogP contribution in [0.1, 0.15) is 31.7 Å². The highest BCUT2D eigenvalue weighted by atomic mass is 35.5. The molecule has 0 radical (unpaired) electrons. The molecule has 4 rings (SSSR count). The fourth-order valence-electron chi connectivity index (χ4n) is 4.75. The first-order chi connectivity index (χ1) is 16.9. The van der Waals surface area contributed by atoms with E-state index in [1.165, 1.54) is 0 Å². The van der Waals surface area contributed by atoms with Crippen molar-refractivity contribution in [3.8, 4) is 0 Å². The van der Waals surface area contributed by atoms with E-state index in [9.17, 15) is 14.4 Å². The first kappa shape index (κ1) is 25.3. The number of pyridine rings is 1. The van der Waals surface area contributed by atoms with Crippen molar-refractivity contribution < 1.29 is 19.1 Å². The number of hydrogen-bond donors (Lipinski definition) is 0. The van der Waals surface area contributed by atoms with Gasteiger partial charge >= 0.3 is 6.09 Å². The molecule has 0 N–H and O–H groups in total. The van der Waals surface area contributed by atoms with Crippen LogP contribution in [0.15, 0.2) is 42.7 Å². The van der Waals surface area contributed by atoms with Gasteiger partial charge in [-0.1, -0.05) is 23.2 Å². The van der Waals surface area contributed by atoms with Gasteiger partial charge in [-0.15, -0.1) is 0 Å². The first-order valence-corrected chi connectivity index (χ1v) is 12.5. The second-order valence-corrected chi connectivity index (χ2v) is 9.66. The van der Waals surface area contributed by atoms with Crippen molar-refractivity contribution in [1.82, 2.24) is 14.8 Å². The molecular formula is C25H28Cl2N4O4. The zero-order chi connectivity index (χ0) is 24.9. The number of rotatable bonds is 6. The predicted octanol–water partition coefficient (Wildman–Crippen LogP) is 4.39. The van der Waals surface area contributed by atoms with E-state index < -0.39 is 6.09 Å². The summed E-state index contributed by atoms with van der Waals surface area (Å²) in [5, 5.41) is 0.971. The van der Waals surface area contributed by atoms with Crippen molar-refractivity contribution in [3.05, 3.63) is 58.3 Å². The lowest BCUT2D eigenvalue weighted by atomic mass is 10.0. The first-order valence-electron chi connectivity index (χ1n) is 11.7. The molecule has 0 spiro atoms. The van der Waals surface area contributed by atoms with Gasteiger partial charge in [0.15, 0.2) is 0 Å². The van der Waals surface area contributed by atoms with E-state index in [0.29, 0.717) is 49.1 Å². The second kappa shape index (κ2) is 11.3. The van der Waals surface area contributed by atoms with Crippen molar-refractivity contribution in [3.63, 3.8) is 0 Å². The largest absolute Gasteiger partial charge is 0.445 e. The van der Waals surface area contributed by atoms with Crippen LogP contribution in [0, 0.1) is 5.92 Å². The van der Waals surface area contributed by atoms with Gasteiger partial charge < -0.3 is 19.4 Å². The fraction of sp³-hybridized carbons (Fsp3) is 0.440. The van der Waals surface area contributed by atoms with Crippen LogP contribution in [0.4, 0.5) is 10.5 Å². The third-order valence-electron chi connectivity index (χ3n) is 6.51.